The molecule has 0 saturated carbocycles. The van der Waals surface area contributed by atoms with Gasteiger partial charge in [0, 0.05) is 18.9 Å². The zero-order chi connectivity index (χ0) is 11.6. The Labute approximate surface area is 94.8 Å². The van der Waals surface area contributed by atoms with Crippen LogP contribution in [0, 0.1) is 11.3 Å². The van der Waals surface area contributed by atoms with Gasteiger partial charge in [0.25, 0.3) is 0 Å². The quantitative estimate of drug-likeness (QED) is 0.552. The normalized spacial score (nSPS) is 9.44. The topological polar surface area (TPSA) is 70.8 Å². The standard InChI is InChI=1S/C11H14N4O/c1-2-3-7-16-8-6-15-11-10(9-12)13-4-5-14-11/h2,4-5H,1,3,6-8H2,(H,14,15). The molecule has 1 N–H and O–H groups in total. The molecule has 0 unspecified atom stereocenters. The van der Waals surface area contributed by atoms with Crippen LogP contribution >= 0.6 is 0 Å². The second kappa shape index (κ2) is 7.37. The van der Waals surface area contributed by atoms with Crippen molar-refractivity contribution in [3.8, 4) is 6.07 Å². The molecular formula is C11H14N4O. The maximum atomic E-state index is 8.76. The van der Waals surface area contributed by atoms with Crippen molar-refractivity contribution < 1.29 is 4.74 Å². The zero-order valence-corrected chi connectivity index (χ0v) is 9.02. The Kier molecular flexibility index (Phi) is 5.59. The fourth-order valence-corrected chi connectivity index (χ4v) is 1.06. The Morgan fingerprint density at radius 2 is 2.25 bits per heavy atom. The lowest BCUT2D eigenvalue weighted by atomic mass is 10.4. The van der Waals surface area contributed by atoms with Gasteiger partial charge in [-0.3, -0.25) is 0 Å². The van der Waals surface area contributed by atoms with E-state index in [0.717, 1.165) is 6.42 Å². The van der Waals surface area contributed by atoms with Crippen molar-refractivity contribution >= 4 is 5.82 Å². The molecule has 84 valence electrons. The second-order valence-corrected chi connectivity index (χ2v) is 2.98. The number of nitrogens with one attached hydrogen (secondary N) is 1. The van der Waals surface area contributed by atoms with Crippen molar-refractivity contribution in [3.63, 3.8) is 0 Å². The van der Waals surface area contributed by atoms with Gasteiger partial charge in [-0.25, -0.2) is 9.97 Å². The van der Waals surface area contributed by atoms with E-state index in [1.165, 1.54) is 6.20 Å². The number of anilines is 1. The zero-order valence-electron chi connectivity index (χ0n) is 9.02. The predicted octanol–water partition coefficient (Wildman–Crippen LogP) is 1.35. The molecule has 0 aromatic carbocycles. The average Bonchev–Trinajstić information content (AvgIpc) is 2.34. The molecule has 0 aliphatic carbocycles. The molecule has 5 heteroatoms. The molecule has 0 aliphatic rings. The Bertz CT molecular complexity index is 372. The van der Waals surface area contributed by atoms with Gasteiger partial charge in [0.15, 0.2) is 11.5 Å². The summed E-state index contributed by atoms with van der Waals surface area (Å²) in [6.07, 6.45) is 5.69. The lowest BCUT2D eigenvalue weighted by Crippen LogP contribution is -2.12. The molecular weight excluding hydrogens is 204 g/mol. The second-order valence-electron chi connectivity index (χ2n) is 2.98. The van der Waals surface area contributed by atoms with E-state index in [0.29, 0.717) is 31.3 Å². The number of hydrogen-bond acceptors (Lipinski definition) is 5. The van der Waals surface area contributed by atoms with Crippen molar-refractivity contribution in [2.45, 2.75) is 6.42 Å². The van der Waals surface area contributed by atoms with E-state index in [1.807, 2.05) is 12.1 Å². The van der Waals surface area contributed by atoms with E-state index < -0.39 is 0 Å². The Balaban J connectivity index is 2.27. The minimum absolute atomic E-state index is 0.300. The van der Waals surface area contributed by atoms with Crippen LogP contribution in [0.3, 0.4) is 0 Å². The smallest absolute Gasteiger partial charge is 0.182 e. The summed E-state index contributed by atoms with van der Waals surface area (Å²) in [6.45, 7) is 5.43. The van der Waals surface area contributed by atoms with Crippen LogP contribution in [0.15, 0.2) is 25.0 Å². The third-order valence-corrected chi connectivity index (χ3v) is 1.81. The molecule has 0 bridgehead atoms. The van der Waals surface area contributed by atoms with Crippen molar-refractivity contribution in [2.75, 3.05) is 25.1 Å². The molecule has 0 radical (unpaired) electrons. The summed E-state index contributed by atoms with van der Waals surface area (Å²) < 4.78 is 5.30. The van der Waals surface area contributed by atoms with E-state index in [9.17, 15) is 0 Å². The van der Waals surface area contributed by atoms with Gasteiger partial charge in [0.05, 0.1) is 13.2 Å². The first-order valence-electron chi connectivity index (χ1n) is 5.02. The van der Waals surface area contributed by atoms with Crippen LogP contribution in [0.5, 0.6) is 0 Å². The third-order valence-electron chi connectivity index (χ3n) is 1.81. The number of hydrogen-bond donors (Lipinski definition) is 1. The number of aromatic nitrogens is 2. The molecule has 0 amide bonds. The SMILES string of the molecule is C=CCCOCCNc1nccnc1C#N. The number of nitriles is 1. The van der Waals surface area contributed by atoms with Crippen LogP contribution in [-0.2, 0) is 4.74 Å². The van der Waals surface area contributed by atoms with Crippen LogP contribution in [0.4, 0.5) is 5.82 Å². The largest absolute Gasteiger partial charge is 0.379 e. The van der Waals surface area contributed by atoms with Crippen LogP contribution in [0.1, 0.15) is 12.1 Å². The van der Waals surface area contributed by atoms with Crippen LogP contribution in [0.25, 0.3) is 0 Å². The average molecular weight is 218 g/mol. The number of rotatable bonds is 7. The molecule has 0 fully saturated rings. The fraction of sp³-hybridized carbons (Fsp3) is 0.364. The minimum Gasteiger partial charge on any atom is -0.379 e. The van der Waals surface area contributed by atoms with Gasteiger partial charge < -0.3 is 10.1 Å². The van der Waals surface area contributed by atoms with Gasteiger partial charge in [-0.2, -0.15) is 5.26 Å². The van der Waals surface area contributed by atoms with Gasteiger partial charge in [-0.1, -0.05) is 6.08 Å². The van der Waals surface area contributed by atoms with Crippen molar-refractivity contribution in [1.82, 2.24) is 9.97 Å². The Morgan fingerprint density at radius 1 is 1.44 bits per heavy atom. The lowest BCUT2D eigenvalue weighted by Gasteiger charge is -2.06. The summed E-state index contributed by atoms with van der Waals surface area (Å²) in [4.78, 5) is 7.90. The molecule has 1 aromatic rings. The highest BCUT2D eigenvalue weighted by Crippen LogP contribution is 2.05. The summed E-state index contributed by atoms with van der Waals surface area (Å²) in [6, 6.07) is 1.97. The first kappa shape index (κ1) is 12.1. The van der Waals surface area contributed by atoms with Gasteiger partial charge >= 0.3 is 0 Å². The molecule has 0 atom stereocenters. The van der Waals surface area contributed by atoms with Crippen LogP contribution in [-0.4, -0.2) is 29.7 Å². The molecule has 0 aliphatic heterocycles. The molecule has 16 heavy (non-hydrogen) atoms. The van der Waals surface area contributed by atoms with E-state index in [4.69, 9.17) is 10.00 Å². The maximum Gasteiger partial charge on any atom is 0.182 e. The van der Waals surface area contributed by atoms with Crippen LogP contribution in [0.2, 0.25) is 0 Å². The lowest BCUT2D eigenvalue weighted by molar-refractivity contribution is 0.149. The Hall–Kier alpha value is -1.93. The monoisotopic (exact) mass is 218 g/mol. The molecule has 1 heterocycles. The van der Waals surface area contributed by atoms with Gasteiger partial charge in [0.2, 0.25) is 0 Å². The number of nitrogens with zero attached hydrogens (tertiary/aromatic N) is 3. The summed E-state index contributed by atoms with van der Waals surface area (Å²) in [5, 5.41) is 11.8. The maximum absolute atomic E-state index is 8.76. The van der Waals surface area contributed by atoms with Crippen molar-refractivity contribution in [1.29, 1.82) is 5.26 Å². The van der Waals surface area contributed by atoms with E-state index in [2.05, 4.69) is 21.9 Å². The van der Waals surface area contributed by atoms with E-state index in [1.54, 1.807) is 6.20 Å². The van der Waals surface area contributed by atoms with Crippen molar-refractivity contribution in [2.24, 2.45) is 0 Å². The van der Waals surface area contributed by atoms with Gasteiger partial charge in [0.1, 0.15) is 6.07 Å². The van der Waals surface area contributed by atoms with Gasteiger partial charge in [-0.15, -0.1) is 6.58 Å². The van der Waals surface area contributed by atoms with Crippen LogP contribution < -0.4 is 5.32 Å². The highest BCUT2D eigenvalue weighted by Gasteiger charge is 2.01. The summed E-state index contributed by atoms with van der Waals surface area (Å²) in [7, 11) is 0. The number of ether oxygens (including phenoxy) is 1. The van der Waals surface area contributed by atoms with E-state index in [-0.39, 0.29) is 0 Å². The predicted molar refractivity (Wildman–Crippen MR) is 60.9 cm³/mol. The first-order chi connectivity index (χ1) is 7.88. The Morgan fingerprint density at radius 3 is 3.00 bits per heavy atom. The van der Waals surface area contributed by atoms with Crippen molar-refractivity contribution in [3.05, 3.63) is 30.7 Å². The molecule has 5 nitrogen and oxygen atoms in total. The minimum atomic E-state index is 0.300. The fourth-order valence-electron chi connectivity index (χ4n) is 1.06. The molecule has 1 rings (SSSR count). The summed E-state index contributed by atoms with van der Waals surface area (Å²) in [5.41, 5.74) is 0.300. The highest BCUT2D eigenvalue weighted by atomic mass is 16.5. The highest BCUT2D eigenvalue weighted by molar-refractivity contribution is 5.46. The molecule has 0 saturated heterocycles. The molecule has 0 spiro atoms. The van der Waals surface area contributed by atoms with E-state index >= 15 is 0 Å². The summed E-state index contributed by atoms with van der Waals surface area (Å²) in [5.74, 6) is 0.498. The summed E-state index contributed by atoms with van der Waals surface area (Å²) >= 11 is 0. The third kappa shape index (κ3) is 4.07. The molecule has 1 aromatic heterocycles. The first-order valence-corrected chi connectivity index (χ1v) is 5.02. The van der Waals surface area contributed by atoms with Gasteiger partial charge in [-0.05, 0) is 6.42 Å².